The van der Waals surface area contributed by atoms with Gasteiger partial charge in [0, 0.05) is 31.1 Å². The molecule has 1 aliphatic rings. The minimum Gasteiger partial charge on any atom is -0.375 e. The van der Waals surface area contributed by atoms with Gasteiger partial charge < -0.3 is 9.64 Å². The first-order chi connectivity index (χ1) is 12.7. The maximum absolute atomic E-state index is 12.4. The summed E-state index contributed by atoms with van der Waals surface area (Å²) >= 11 is 6.08. The molecule has 1 heterocycles. The second kappa shape index (κ2) is 9.93. The number of rotatable bonds is 8. The van der Waals surface area contributed by atoms with Gasteiger partial charge >= 0.3 is 0 Å². The lowest BCUT2D eigenvalue weighted by atomic mass is 9.87. The van der Waals surface area contributed by atoms with Crippen molar-refractivity contribution in [2.24, 2.45) is 5.92 Å². The van der Waals surface area contributed by atoms with Gasteiger partial charge in [-0.1, -0.05) is 44.0 Å². The van der Waals surface area contributed by atoms with Gasteiger partial charge in [0.05, 0.1) is 5.60 Å². The van der Waals surface area contributed by atoms with Crippen molar-refractivity contribution in [2.75, 3.05) is 13.2 Å². The van der Waals surface area contributed by atoms with Gasteiger partial charge in [-0.05, 0) is 69.1 Å². The molecule has 0 saturated carbocycles. The third-order valence-corrected chi connectivity index (χ3v) is 5.92. The second-order valence-electron chi connectivity index (χ2n) is 8.98. The van der Waals surface area contributed by atoms with Crippen LogP contribution in [0.3, 0.4) is 0 Å². The highest BCUT2D eigenvalue weighted by Crippen LogP contribution is 2.31. The Labute approximate surface area is 170 Å². The lowest BCUT2D eigenvalue weighted by Gasteiger charge is -2.41. The van der Waals surface area contributed by atoms with E-state index in [0.29, 0.717) is 11.8 Å². The van der Waals surface area contributed by atoms with Crippen LogP contribution in [0.25, 0.3) is 0 Å². The number of carbonyl (C=O) groups excluding carboxylic acids is 1. The SMILES string of the molecule is CC(=O)N(CC[C@@H](CCC(C)C)c1ccc(Cl)cc1)[C@H]1CCOC(C)(C)C1. The first-order valence-corrected chi connectivity index (χ1v) is 10.7. The van der Waals surface area contributed by atoms with E-state index in [0.717, 1.165) is 43.9 Å². The quantitative estimate of drug-likeness (QED) is 0.537. The van der Waals surface area contributed by atoms with E-state index >= 15 is 0 Å². The van der Waals surface area contributed by atoms with E-state index in [2.05, 4.69) is 44.7 Å². The summed E-state index contributed by atoms with van der Waals surface area (Å²) in [7, 11) is 0. The Morgan fingerprint density at radius 3 is 2.44 bits per heavy atom. The van der Waals surface area contributed by atoms with Crippen LogP contribution in [0.5, 0.6) is 0 Å². The molecule has 1 aromatic rings. The van der Waals surface area contributed by atoms with Crippen molar-refractivity contribution in [3.8, 4) is 0 Å². The molecule has 27 heavy (non-hydrogen) atoms. The highest BCUT2D eigenvalue weighted by molar-refractivity contribution is 6.30. The smallest absolute Gasteiger partial charge is 0.219 e. The number of nitrogens with zero attached hydrogens (tertiary/aromatic N) is 1. The molecule has 0 aliphatic carbocycles. The van der Waals surface area contributed by atoms with E-state index in [1.54, 1.807) is 6.92 Å². The van der Waals surface area contributed by atoms with Gasteiger partial charge in [0.2, 0.25) is 5.91 Å². The fourth-order valence-electron chi connectivity index (χ4n) is 4.10. The van der Waals surface area contributed by atoms with E-state index in [9.17, 15) is 4.79 Å². The molecule has 0 radical (unpaired) electrons. The third-order valence-electron chi connectivity index (χ3n) is 5.67. The van der Waals surface area contributed by atoms with Crippen molar-refractivity contribution < 1.29 is 9.53 Å². The number of ether oxygens (including phenoxy) is 1. The number of halogens is 1. The normalized spacial score (nSPS) is 20.5. The van der Waals surface area contributed by atoms with E-state index < -0.39 is 0 Å². The Kier molecular flexibility index (Phi) is 8.18. The van der Waals surface area contributed by atoms with Gasteiger partial charge in [-0.15, -0.1) is 0 Å². The molecule has 2 rings (SSSR count). The fraction of sp³-hybridized carbons (Fsp3) is 0.696. The molecule has 152 valence electrons. The average molecular weight is 394 g/mol. The van der Waals surface area contributed by atoms with Crippen LogP contribution in [-0.4, -0.2) is 35.6 Å². The Morgan fingerprint density at radius 1 is 1.22 bits per heavy atom. The highest BCUT2D eigenvalue weighted by Gasteiger charge is 2.33. The topological polar surface area (TPSA) is 29.5 Å². The van der Waals surface area contributed by atoms with Gasteiger partial charge in [-0.2, -0.15) is 0 Å². The summed E-state index contributed by atoms with van der Waals surface area (Å²) in [6, 6.07) is 8.51. The molecule has 0 bridgehead atoms. The lowest BCUT2D eigenvalue weighted by Crippen LogP contribution is -2.48. The van der Waals surface area contributed by atoms with E-state index in [-0.39, 0.29) is 17.6 Å². The predicted octanol–water partition coefficient (Wildman–Crippen LogP) is 6.06. The van der Waals surface area contributed by atoms with E-state index in [1.165, 1.54) is 12.0 Å². The first kappa shape index (κ1) is 22.2. The third kappa shape index (κ3) is 7.12. The summed E-state index contributed by atoms with van der Waals surface area (Å²) in [6.07, 6.45) is 5.17. The molecule has 0 N–H and O–H groups in total. The minimum atomic E-state index is -0.149. The first-order valence-electron chi connectivity index (χ1n) is 10.3. The zero-order chi connectivity index (χ0) is 20.0. The molecule has 1 amide bonds. The molecular weight excluding hydrogens is 358 g/mol. The zero-order valence-corrected chi connectivity index (χ0v) is 18.4. The largest absolute Gasteiger partial charge is 0.375 e. The molecule has 0 aromatic heterocycles. The maximum atomic E-state index is 12.4. The van der Waals surface area contributed by atoms with Crippen LogP contribution < -0.4 is 0 Å². The molecule has 1 saturated heterocycles. The van der Waals surface area contributed by atoms with Crippen molar-refractivity contribution >= 4 is 17.5 Å². The van der Waals surface area contributed by atoms with Crippen molar-refractivity contribution in [3.05, 3.63) is 34.9 Å². The van der Waals surface area contributed by atoms with Crippen LogP contribution in [0.2, 0.25) is 5.02 Å². The molecule has 1 aromatic carbocycles. The molecule has 4 heteroatoms. The summed E-state index contributed by atoms with van der Waals surface area (Å²) in [5.41, 5.74) is 1.18. The lowest BCUT2D eigenvalue weighted by molar-refractivity contribution is -0.138. The van der Waals surface area contributed by atoms with Crippen molar-refractivity contribution in [1.29, 1.82) is 0 Å². The zero-order valence-electron chi connectivity index (χ0n) is 17.6. The molecule has 0 spiro atoms. The molecule has 0 unspecified atom stereocenters. The van der Waals surface area contributed by atoms with E-state index in [1.807, 2.05) is 12.1 Å². The summed E-state index contributed by atoms with van der Waals surface area (Å²) in [5, 5.41) is 0.774. The Morgan fingerprint density at radius 2 is 1.89 bits per heavy atom. The maximum Gasteiger partial charge on any atom is 0.219 e. The van der Waals surface area contributed by atoms with Crippen LogP contribution >= 0.6 is 11.6 Å². The fourth-order valence-corrected chi connectivity index (χ4v) is 4.23. The standard InChI is InChI=1S/C23H36ClNO2/c1-17(2)6-7-20(19-8-10-21(24)11-9-19)12-14-25(18(3)26)22-13-15-27-23(4,5)16-22/h8-11,17,20,22H,6-7,12-16H2,1-5H3/t20-,22+/m1/s1. The highest BCUT2D eigenvalue weighted by atomic mass is 35.5. The summed E-state index contributed by atoms with van der Waals surface area (Å²) in [5.74, 6) is 1.32. The van der Waals surface area contributed by atoms with Gasteiger partial charge in [0.25, 0.3) is 0 Å². The van der Waals surface area contributed by atoms with Gasteiger partial charge in [0.15, 0.2) is 0 Å². The van der Waals surface area contributed by atoms with Crippen LogP contribution in [0.1, 0.15) is 78.2 Å². The number of benzene rings is 1. The molecular formula is C23H36ClNO2. The predicted molar refractivity (Wildman–Crippen MR) is 113 cm³/mol. The van der Waals surface area contributed by atoms with Gasteiger partial charge in [0.1, 0.15) is 0 Å². The molecule has 3 nitrogen and oxygen atoms in total. The Balaban J connectivity index is 2.07. The Hall–Kier alpha value is -1.06. The summed E-state index contributed by atoms with van der Waals surface area (Å²) < 4.78 is 5.85. The number of hydrogen-bond donors (Lipinski definition) is 0. The number of carbonyl (C=O) groups is 1. The average Bonchev–Trinajstić information content (AvgIpc) is 2.57. The van der Waals surface area contributed by atoms with Gasteiger partial charge in [-0.3, -0.25) is 4.79 Å². The second-order valence-corrected chi connectivity index (χ2v) is 9.41. The summed E-state index contributed by atoms with van der Waals surface area (Å²) in [6.45, 7) is 12.0. The van der Waals surface area contributed by atoms with Crippen LogP contribution in [0.4, 0.5) is 0 Å². The van der Waals surface area contributed by atoms with Crippen molar-refractivity contribution in [1.82, 2.24) is 4.90 Å². The minimum absolute atomic E-state index is 0.149. The number of amides is 1. The molecule has 1 fully saturated rings. The van der Waals surface area contributed by atoms with Crippen LogP contribution in [0.15, 0.2) is 24.3 Å². The molecule has 1 aliphatic heterocycles. The molecule has 2 atom stereocenters. The van der Waals surface area contributed by atoms with Gasteiger partial charge in [-0.25, -0.2) is 0 Å². The van der Waals surface area contributed by atoms with Crippen molar-refractivity contribution in [3.63, 3.8) is 0 Å². The van der Waals surface area contributed by atoms with Crippen molar-refractivity contribution in [2.45, 2.75) is 84.3 Å². The Bertz CT molecular complexity index is 597. The van der Waals surface area contributed by atoms with E-state index in [4.69, 9.17) is 16.3 Å². The van der Waals surface area contributed by atoms with Crippen LogP contribution in [0, 0.1) is 5.92 Å². The summed E-state index contributed by atoms with van der Waals surface area (Å²) in [4.78, 5) is 14.5. The number of hydrogen-bond acceptors (Lipinski definition) is 2. The van der Waals surface area contributed by atoms with Crippen LogP contribution in [-0.2, 0) is 9.53 Å². The monoisotopic (exact) mass is 393 g/mol.